The number of amides is 1. The lowest BCUT2D eigenvalue weighted by Gasteiger charge is -2.15. The summed E-state index contributed by atoms with van der Waals surface area (Å²) >= 11 is 8.76. The first-order chi connectivity index (χ1) is 9.54. The van der Waals surface area contributed by atoms with Crippen molar-refractivity contribution in [2.45, 2.75) is 11.6 Å². The number of nitrogens with zero attached hydrogens (tertiary/aromatic N) is 2. The fourth-order valence-corrected chi connectivity index (χ4v) is 3.41. The summed E-state index contributed by atoms with van der Waals surface area (Å²) in [4.78, 5) is 18.9. The lowest BCUT2D eigenvalue weighted by atomic mass is 10.4. The normalized spacial score (nSPS) is 10.5. The molecule has 0 bridgehead atoms. The largest absolute Gasteiger partial charge is 0.397 e. The van der Waals surface area contributed by atoms with Crippen LogP contribution < -0.4 is 5.73 Å². The molecule has 0 atom stereocenters. The minimum Gasteiger partial charge on any atom is -0.397 e. The smallest absolute Gasteiger partial charge is 0.233 e. The number of rotatable bonds is 5. The second-order valence-electron chi connectivity index (χ2n) is 4.17. The molecular weight excluding hydrogens is 314 g/mol. The van der Waals surface area contributed by atoms with Crippen molar-refractivity contribution in [1.29, 1.82) is 0 Å². The molecule has 2 heterocycles. The minimum atomic E-state index is 0.0538. The first-order valence-corrected chi connectivity index (χ1v) is 8.05. The molecule has 0 aliphatic rings. The Balaban J connectivity index is 1.83. The van der Waals surface area contributed by atoms with Crippen molar-refractivity contribution in [2.75, 3.05) is 18.5 Å². The first-order valence-electron chi connectivity index (χ1n) is 5.87. The van der Waals surface area contributed by atoms with E-state index in [1.807, 2.05) is 18.2 Å². The number of hydrogen-bond acceptors (Lipinski definition) is 5. The van der Waals surface area contributed by atoms with Crippen LogP contribution in [0, 0.1) is 0 Å². The number of carbonyl (C=O) groups excluding carboxylic acids is 1. The SMILES string of the molecule is CN(Cc1ccc(Cl)s1)C(=O)CSc1ccc(N)cn1. The van der Waals surface area contributed by atoms with Crippen LogP contribution in [0.4, 0.5) is 5.69 Å². The van der Waals surface area contributed by atoms with Crippen molar-refractivity contribution in [3.05, 3.63) is 39.7 Å². The van der Waals surface area contributed by atoms with Gasteiger partial charge in [-0.1, -0.05) is 23.4 Å². The van der Waals surface area contributed by atoms with Crippen molar-refractivity contribution < 1.29 is 4.79 Å². The predicted molar refractivity (Wildman–Crippen MR) is 85.2 cm³/mol. The molecule has 0 aliphatic carbocycles. The van der Waals surface area contributed by atoms with Gasteiger partial charge in [0.1, 0.15) is 0 Å². The highest BCUT2D eigenvalue weighted by atomic mass is 35.5. The Bertz CT molecular complexity index is 586. The standard InChI is InChI=1S/C13H14ClN3OS2/c1-17(7-10-3-4-11(14)20-10)13(18)8-19-12-5-2-9(15)6-16-12/h2-6H,7-8,15H2,1H3. The molecule has 0 fully saturated rings. The van der Waals surface area contributed by atoms with E-state index >= 15 is 0 Å². The summed E-state index contributed by atoms with van der Waals surface area (Å²) in [5.74, 6) is 0.408. The number of anilines is 1. The van der Waals surface area contributed by atoms with Gasteiger partial charge in [0.15, 0.2) is 0 Å². The predicted octanol–water partition coefficient (Wildman–Crippen LogP) is 3.13. The molecule has 2 aromatic rings. The summed E-state index contributed by atoms with van der Waals surface area (Å²) in [5.41, 5.74) is 6.18. The lowest BCUT2D eigenvalue weighted by Crippen LogP contribution is -2.27. The van der Waals surface area contributed by atoms with Gasteiger partial charge in [0.25, 0.3) is 0 Å². The van der Waals surface area contributed by atoms with Crippen LogP contribution in [0.15, 0.2) is 35.5 Å². The second-order valence-corrected chi connectivity index (χ2v) is 6.97. The topological polar surface area (TPSA) is 59.2 Å². The molecule has 0 spiro atoms. The van der Waals surface area contributed by atoms with Gasteiger partial charge in [-0.2, -0.15) is 0 Å². The van der Waals surface area contributed by atoms with Gasteiger partial charge in [0.2, 0.25) is 5.91 Å². The van der Waals surface area contributed by atoms with E-state index in [9.17, 15) is 4.79 Å². The van der Waals surface area contributed by atoms with E-state index in [0.29, 0.717) is 18.0 Å². The number of aromatic nitrogens is 1. The number of pyridine rings is 1. The highest BCUT2D eigenvalue weighted by molar-refractivity contribution is 7.99. The van der Waals surface area contributed by atoms with Crippen LogP contribution in [0.1, 0.15) is 4.88 Å². The number of nitrogens with two attached hydrogens (primary N) is 1. The van der Waals surface area contributed by atoms with Crippen LogP contribution in [0.5, 0.6) is 0 Å². The van der Waals surface area contributed by atoms with Gasteiger partial charge in [-0.3, -0.25) is 4.79 Å². The molecule has 20 heavy (non-hydrogen) atoms. The zero-order valence-electron chi connectivity index (χ0n) is 10.9. The van der Waals surface area contributed by atoms with Crippen LogP contribution in [0.25, 0.3) is 0 Å². The molecule has 2 rings (SSSR count). The zero-order valence-corrected chi connectivity index (χ0v) is 13.3. The third-order valence-electron chi connectivity index (χ3n) is 2.55. The van der Waals surface area contributed by atoms with E-state index < -0.39 is 0 Å². The third-order valence-corrected chi connectivity index (χ3v) is 4.69. The van der Waals surface area contributed by atoms with Crippen LogP contribution in [0.3, 0.4) is 0 Å². The molecule has 0 saturated heterocycles. The highest BCUT2D eigenvalue weighted by Gasteiger charge is 2.11. The highest BCUT2D eigenvalue weighted by Crippen LogP contribution is 2.23. The molecule has 0 saturated carbocycles. The summed E-state index contributed by atoms with van der Waals surface area (Å²) in [6.07, 6.45) is 1.59. The van der Waals surface area contributed by atoms with Crippen molar-refractivity contribution >= 4 is 46.3 Å². The van der Waals surface area contributed by atoms with Gasteiger partial charge in [-0.05, 0) is 24.3 Å². The molecule has 2 N–H and O–H groups in total. The molecule has 4 nitrogen and oxygen atoms in total. The molecule has 1 amide bonds. The van der Waals surface area contributed by atoms with Gasteiger partial charge in [0, 0.05) is 11.9 Å². The number of nitrogen functional groups attached to an aromatic ring is 1. The summed E-state index contributed by atoms with van der Waals surface area (Å²) in [7, 11) is 1.78. The van der Waals surface area contributed by atoms with Gasteiger partial charge >= 0.3 is 0 Å². The second kappa shape index (κ2) is 6.97. The van der Waals surface area contributed by atoms with Crippen LogP contribution in [-0.4, -0.2) is 28.6 Å². The maximum atomic E-state index is 12.0. The number of hydrogen-bond donors (Lipinski definition) is 1. The van der Waals surface area contributed by atoms with E-state index in [2.05, 4.69) is 4.98 Å². The fraction of sp³-hybridized carbons (Fsp3) is 0.231. The average molecular weight is 328 g/mol. The maximum Gasteiger partial charge on any atom is 0.233 e. The number of halogens is 1. The van der Waals surface area contributed by atoms with E-state index in [4.69, 9.17) is 17.3 Å². The summed E-state index contributed by atoms with van der Waals surface area (Å²) < 4.78 is 0.737. The summed E-state index contributed by atoms with van der Waals surface area (Å²) in [6.45, 7) is 0.575. The first kappa shape index (κ1) is 15.2. The van der Waals surface area contributed by atoms with Crippen LogP contribution >= 0.6 is 34.7 Å². The van der Waals surface area contributed by atoms with E-state index in [1.165, 1.54) is 23.1 Å². The Morgan fingerprint density at radius 1 is 1.45 bits per heavy atom. The molecule has 0 unspecified atom stereocenters. The average Bonchev–Trinajstić information content (AvgIpc) is 2.83. The third kappa shape index (κ3) is 4.40. The fourth-order valence-electron chi connectivity index (χ4n) is 1.48. The molecule has 0 radical (unpaired) electrons. The van der Waals surface area contributed by atoms with E-state index in [1.54, 1.807) is 24.2 Å². The molecule has 2 aromatic heterocycles. The lowest BCUT2D eigenvalue weighted by molar-refractivity contribution is -0.127. The monoisotopic (exact) mass is 327 g/mol. The van der Waals surface area contributed by atoms with Crippen molar-refractivity contribution in [2.24, 2.45) is 0 Å². The Kier molecular flexibility index (Phi) is 5.28. The van der Waals surface area contributed by atoms with Gasteiger partial charge in [-0.25, -0.2) is 4.98 Å². The van der Waals surface area contributed by atoms with E-state index in [0.717, 1.165) is 14.2 Å². The molecule has 7 heteroatoms. The summed E-state index contributed by atoms with van der Waals surface area (Å²) in [6, 6.07) is 7.36. The molecular formula is C13H14ClN3OS2. The van der Waals surface area contributed by atoms with Crippen LogP contribution in [-0.2, 0) is 11.3 Å². The number of thioether (sulfide) groups is 1. The van der Waals surface area contributed by atoms with Crippen molar-refractivity contribution in [3.8, 4) is 0 Å². The Labute approximate surface area is 130 Å². The maximum absolute atomic E-state index is 12.0. The van der Waals surface area contributed by atoms with E-state index in [-0.39, 0.29) is 5.91 Å². The Morgan fingerprint density at radius 2 is 2.25 bits per heavy atom. The molecule has 0 aliphatic heterocycles. The molecule has 0 aromatic carbocycles. The summed E-state index contributed by atoms with van der Waals surface area (Å²) in [5, 5.41) is 0.792. The molecule has 106 valence electrons. The Morgan fingerprint density at radius 3 is 2.85 bits per heavy atom. The number of carbonyl (C=O) groups is 1. The van der Waals surface area contributed by atoms with Crippen molar-refractivity contribution in [3.63, 3.8) is 0 Å². The quantitative estimate of drug-likeness (QED) is 0.857. The van der Waals surface area contributed by atoms with Crippen LogP contribution in [0.2, 0.25) is 4.34 Å². The van der Waals surface area contributed by atoms with Gasteiger partial charge < -0.3 is 10.6 Å². The van der Waals surface area contributed by atoms with Gasteiger partial charge in [0.05, 0.1) is 33.5 Å². The Hall–Kier alpha value is -1.24. The number of thiophene rings is 1. The zero-order chi connectivity index (χ0) is 14.5. The van der Waals surface area contributed by atoms with Gasteiger partial charge in [-0.15, -0.1) is 11.3 Å². The minimum absolute atomic E-state index is 0.0538. The van der Waals surface area contributed by atoms with Crippen molar-refractivity contribution in [1.82, 2.24) is 9.88 Å².